The Balaban J connectivity index is 2.13. The van der Waals surface area contributed by atoms with E-state index in [9.17, 15) is 4.79 Å². The SMILES string of the molecule is O=C1CC(c2ccccc2)OC1CO. The van der Waals surface area contributed by atoms with Gasteiger partial charge in [0.25, 0.3) is 0 Å². The van der Waals surface area contributed by atoms with Gasteiger partial charge in [-0.05, 0) is 5.56 Å². The quantitative estimate of drug-likeness (QED) is 0.762. The predicted octanol–water partition coefficient (Wildman–Crippen LogP) is 1.08. The number of carbonyl (C=O) groups is 1. The summed E-state index contributed by atoms with van der Waals surface area (Å²) in [6, 6.07) is 9.60. The average Bonchev–Trinajstić information content (AvgIpc) is 2.61. The maximum atomic E-state index is 11.3. The number of rotatable bonds is 2. The van der Waals surface area contributed by atoms with E-state index in [0.29, 0.717) is 6.42 Å². The first-order valence-electron chi connectivity index (χ1n) is 4.65. The van der Waals surface area contributed by atoms with Gasteiger partial charge in [0, 0.05) is 6.42 Å². The van der Waals surface area contributed by atoms with Gasteiger partial charge in [-0.1, -0.05) is 30.3 Å². The van der Waals surface area contributed by atoms with Crippen molar-refractivity contribution in [3.8, 4) is 0 Å². The Morgan fingerprint density at radius 1 is 1.36 bits per heavy atom. The van der Waals surface area contributed by atoms with E-state index in [1.165, 1.54) is 0 Å². The first kappa shape index (κ1) is 9.37. The van der Waals surface area contributed by atoms with E-state index in [1.54, 1.807) is 0 Å². The molecule has 0 saturated carbocycles. The third-order valence-corrected chi connectivity index (χ3v) is 2.41. The Hall–Kier alpha value is -1.19. The van der Waals surface area contributed by atoms with E-state index >= 15 is 0 Å². The monoisotopic (exact) mass is 192 g/mol. The number of aliphatic hydroxyl groups is 1. The maximum Gasteiger partial charge on any atom is 0.166 e. The Kier molecular flexibility index (Phi) is 2.61. The summed E-state index contributed by atoms with van der Waals surface area (Å²) in [7, 11) is 0. The van der Waals surface area contributed by atoms with Gasteiger partial charge < -0.3 is 9.84 Å². The lowest BCUT2D eigenvalue weighted by molar-refractivity contribution is -0.124. The average molecular weight is 192 g/mol. The van der Waals surface area contributed by atoms with E-state index in [1.807, 2.05) is 30.3 Å². The van der Waals surface area contributed by atoms with Crippen LogP contribution in [-0.2, 0) is 9.53 Å². The highest BCUT2D eigenvalue weighted by molar-refractivity contribution is 5.85. The smallest absolute Gasteiger partial charge is 0.166 e. The fourth-order valence-corrected chi connectivity index (χ4v) is 1.65. The molecule has 74 valence electrons. The molecule has 1 heterocycles. The van der Waals surface area contributed by atoms with Gasteiger partial charge in [-0.2, -0.15) is 0 Å². The van der Waals surface area contributed by atoms with Crippen molar-refractivity contribution in [3.05, 3.63) is 35.9 Å². The molecular formula is C11H12O3. The van der Waals surface area contributed by atoms with Crippen LogP contribution in [0.25, 0.3) is 0 Å². The van der Waals surface area contributed by atoms with Crippen LogP contribution >= 0.6 is 0 Å². The van der Waals surface area contributed by atoms with Gasteiger partial charge in [-0.15, -0.1) is 0 Å². The van der Waals surface area contributed by atoms with E-state index in [4.69, 9.17) is 9.84 Å². The van der Waals surface area contributed by atoms with Crippen molar-refractivity contribution in [3.63, 3.8) is 0 Å². The second kappa shape index (κ2) is 3.90. The van der Waals surface area contributed by atoms with Gasteiger partial charge in [-0.3, -0.25) is 4.79 Å². The molecule has 0 aromatic heterocycles. The molecule has 14 heavy (non-hydrogen) atoms. The largest absolute Gasteiger partial charge is 0.393 e. The number of carbonyl (C=O) groups excluding carboxylic acids is 1. The van der Waals surface area contributed by atoms with Crippen molar-refractivity contribution >= 4 is 5.78 Å². The van der Waals surface area contributed by atoms with Gasteiger partial charge >= 0.3 is 0 Å². The lowest BCUT2D eigenvalue weighted by Gasteiger charge is -2.10. The zero-order valence-corrected chi connectivity index (χ0v) is 7.72. The number of Topliss-reactive ketones (excluding diaryl/α,β-unsaturated/α-hetero) is 1. The summed E-state index contributed by atoms with van der Waals surface area (Å²) in [5, 5.41) is 8.86. The van der Waals surface area contributed by atoms with Crippen LogP contribution in [-0.4, -0.2) is 23.6 Å². The van der Waals surface area contributed by atoms with E-state index in [-0.39, 0.29) is 18.5 Å². The number of aliphatic hydroxyl groups excluding tert-OH is 1. The first-order chi connectivity index (χ1) is 6.81. The normalized spacial score (nSPS) is 26.8. The molecule has 3 nitrogen and oxygen atoms in total. The molecule has 1 fully saturated rings. The number of hydrogen-bond acceptors (Lipinski definition) is 3. The second-order valence-electron chi connectivity index (χ2n) is 3.38. The number of ether oxygens (including phenoxy) is 1. The zero-order chi connectivity index (χ0) is 9.97. The molecule has 2 unspecified atom stereocenters. The van der Waals surface area contributed by atoms with Crippen LogP contribution in [0.1, 0.15) is 18.1 Å². The molecule has 0 amide bonds. The van der Waals surface area contributed by atoms with Crippen LogP contribution < -0.4 is 0 Å². The number of benzene rings is 1. The third kappa shape index (κ3) is 1.69. The highest BCUT2D eigenvalue weighted by atomic mass is 16.5. The standard InChI is InChI=1S/C11H12O3/c12-7-11-9(13)6-10(14-11)8-4-2-1-3-5-8/h1-5,10-12H,6-7H2. The van der Waals surface area contributed by atoms with Gasteiger partial charge in [0.2, 0.25) is 0 Å². The number of hydrogen-bond donors (Lipinski definition) is 1. The highest BCUT2D eigenvalue weighted by Gasteiger charge is 2.33. The molecule has 1 N–H and O–H groups in total. The van der Waals surface area contributed by atoms with Crippen molar-refractivity contribution in [1.82, 2.24) is 0 Å². The summed E-state index contributed by atoms with van der Waals surface area (Å²) in [6.45, 7) is -0.220. The summed E-state index contributed by atoms with van der Waals surface area (Å²) in [6.07, 6.45) is -0.434. The minimum absolute atomic E-state index is 0.0126. The van der Waals surface area contributed by atoms with E-state index in [0.717, 1.165) is 5.56 Å². The lowest BCUT2D eigenvalue weighted by Crippen LogP contribution is -2.19. The second-order valence-corrected chi connectivity index (χ2v) is 3.38. The molecular weight excluding hydrogens is 180 g/mol. The molecule has 1 aliphatic heterocycles. The Bertz CT molecular complexity index is 321. The Morgan fingerprint density at radius 3 is 2.64 bits per heavy atom. The lowest BCUT2D eigenvalue weighted by atomic mass is 10.1. The fourth-order valence-electron chi connectivity index (χ4n) is 1.65. The highest BCUT2D eigenvalue weighted by Crippen LogP contribution is 2.29. The molecule has 0 bridgehead atoms. The minimum atomic E-state index is -0.625. The summed E-state index contributed by atoms with van der Waals surface area (Å²) < 4.78 is 5.41. The topological polar surface area (TPSA) is 46.5 Å². The summed E-state index contributed by atoms with van der Waals surface area (Å²) in [5.74, 6) is -0.0126. The van der Waals surface area contributed by atoms with Gasteiger partial charge in [0.15, 0.2) is 5.78 Å². The maximum absolute atomic E-state index is 11.3. The Labute approximate surface area is 82.3 Å². The van der Waals surface area contributed by atoms with E-state index < -0.39 is 6.10 Å². The van der Waals surface area contributed by atoms with Gasteiger partial charge in [-0.25, -0.2) is 0 Å². The van der Waals surface area contributed by atoms with Crippen molar-refractivity contribution in [2.45, 2.75) is 18.6 Å². The third-order valence-electron chi connectivity index (χ3n) is 2.41. The molecule has 1 aromatic rings. The summed E-state index contributed by atoms with van der Waals surface area (Å²) >= 11 is 0. The Morgan fingerprint density at radius 2 is 2.07 bits per heavy atom. The molecule has 0 spiro atoms. The van der Waals surface area contributed by atoms with Gasteiger partial charge in [0.05, 0.1) is 12.7 Å². The van der Waals surface area contributed by atoms with Crippen LogP contribution in [0.15, 0.2) is 30.3 Å². The fraction of sp³-hybridized carbons (Fsp3) is 0.364. The van der Waals surface area contributed by atoms with Gasteiger partial charge in [0.1, 0.15) is 6.10 Å². The summed E-state index contributed by atoms with van der Waals surface area (Å²) in [5.41, 5.74) is 0.997. The minimum Gasteiger partial charge on any atom is -0.393 e. The van der Waals surface area contributed by atoms with Crippen LogP contribution in [0, 0.1) is 0 Å². The predicted molar refractivity (Wildman–Crippen MR) is 50.8 cm³/mol. The molecule has 1 aliphatic rings. The van der Waals surface area contributed by atoms with Crippen LogP contribution in [0.5, 0.6) is 0 Å². The first-order valence-corrected chi connectivity index (χ1v) is 4.65. The van der Waals surface area contributed by atoms with Crippen molar-refractivity contribution < 1.29 is 14.6 Å². The zero-order valence-electron chi connectivity index (χ0n) is 7.72. The number of ketones is 1. The molecule has 1 aromatic carbocycles. The van der Waals surface area contributed by atoms with Crippen molar-refractivity contribution in [2.24, 2.45) is 0 Å². The molecule has 0 radical (unpaired) electrons. The van der Waals surface area contributed by atoms with Crippen LogP contribution in [0.2, 0.25) is 0 Å². The summed E-state index contributed by atoms with van der Waals surface area (Å²) in [4.78, 5) is 11.3. The van der Waals surface area contributed by atoms with Crippen LogP contribution in [0.4, 0.5) is 0 Å². The van der Waals surface area contributed by atoms with Crippen molar-refractivity contribution in [1.29, 1.82) is 0 Å². The molecule has 3 heteroatoms. The molecule has 1 saturated heterocycles. The molecule has 2 atom stereocenters. The van der Waals surface area contributed by atoms with E-state index in [2.05, 4.69) is 0 Å². The van der Waals surface area contributed by atoms with Crippen molar-refractivity contribution in [2.75, 3.05) is 6.61 Å². The van der Waals surface area contributed by atoms with Crippen LogP contribution in [0.3, 0.4) is 0 Å². The molecule has 2 rings (SSSR count). The molecule has 0 aliphatic carbocycles.